The highest BCUT2D eigenvalue weighted by atomic mass is 79.9. The Morgan fingerprint density at radius 3 is 3.00 bits per heavy atom. The van der Waals surface area contributed by atoms with Gasteiger partial charge < -0.3 is 5.32 Å². The summed E-state index contributed by atoms with van der Waals surface area (Å²) >= 11 is 9.19. The van der Waals surface area contributed by atoms with Crippen molar-refractivity contribution in [2.24, 2.45) is 7.05 Å². The number of pyridine rings is 1. The number of aromatic nitrogens is 3. The fourth-order valence-corrected chi connectivity index (χ4v) is 2.06. The quantitative estimate of drug-likeness (QED) is 0.948. The molecule has 0 aliphatic rings. The van der Waals surface area contributed by atoms with Gasteiger partial charge in [-0.2, -0.15) is 5.10 Å². The lowest BCUT2D eigenvalue weighted by Crippen LogP contribution is -2.03. The van der Waals surface area contributed by atoms with E-state index in [1.165, 1.54) is 0 Å². The molecule has 0 unspecified atom stereocenters. The van der Waals surface area contributed by atoms with Crippen LogP contribution in [0.15, 0.2) is 29.0 Å². The lowest BCUT2D eigenvalue weighted by atomic mass is 10.4. The van der Waals surface area contributed by atoms with E-state index in [1.807, 2.05) is 19.3 Å². The van der Waals surface area contributed by atoms with Gasteiger partial charge in [0.15, 0.2) is 0 Å². The van der Waals surface area contributed by atoms with E-state index in [-0.39, 0.29) is 0 Å². The predicted octanol–water partition coefficient (Wildman–Crippen LogP) is 2.84. The number of nitrogens with one attached hydrogen (secondary N) is 1. The first kappa shape index (κ1) is 11.4. The minimum absolute atomic E-state index is 0.607. The van der Waals surface area contributed by atoms with E-state index >= 15 is 0 Å². The Labute approximate surface area is 107 Å². The molecule has 0 fully saturated rings. The number of aryl methyl sites for hydroxylation is 1. The van der Waals surface area contributed by atoms with Crippen molar-refractivity contribution in [3.05, 3.63) is 39.7 Å². The second-order valence-corrected chi connectivity index (χ2v) is 4.61. The van der Waals surface area contributed by atoms with Crippen LogP contribution in [0, 0.1) is 0 Å². The van der Waals surface area contributed by atoms with Crippen molar-refractivity contribution in [2.75, 3.05) is 5.32 Å². The monoisotopic (exact) mass is 300 g/mol. The van der Waals surface area contributed by atoms with Crippen LogP contribution in [-0.4, -0.2) is 14.8 Å². The van der Waals surface area contributed by atoms with Crippen molar-refractivity contribution in [1.29, 1.82) is 0 Å². The highest BCUT2D eigenvalue weighted by Crippen LogP contribution is 2.23. The van der Waals surface area contributed by atoms with Crippen LogP contribution >= 0.6 is 27.5 Å². The summed E-state index contributed by atoms with van der Waals surface area (Å²) in [4.78, 5) is 4.18. The average molecular weight is 302 g/mol. The number of anilines is 1. The molecule has 0 aliphatic carbocycles. The van der Waals surface area contributed by atoms with Gasteiger partial charge in [0.25, 0.3) is 0 Å². The predicted molar refractivity (Wildman–Crippen MR) is 67.5 cm³/mol. The third-order valence-electron chi connectivity index (χ3n) is 2.01. The highest BCUT2D eigenvalue weighted by Gasteiger charge is 2.03. The van der Waals surface area contributed by atoms with Crippen LogP contribution in [-0.2, 0) is 13.6 Å². The van der Waals surface area contributed by atoms with Crippen LogP contribution in [0.2, 0.25) is 5.02 Å². The van der Waals surface area contributed by atoms with Crippen LogP contribution in [0.1, 0.15) is 5.69 Å². The Morgan fingerprint density at radius 2 is 2.38 bits per heavy atom. The number of rotatable bonds is 3. The lowest BCUT2D eigenvalue weighted by molar-refractivity contribution is 0.747. The van der Waals surface area contributed by atoms with Gasteiger partial charge in [0.05, 0.1) is 21.7 Å². The molecule has 0 spiro atoms. The van der Waals surface area contributed by atoms with Crippen LogP contribution in [0.3, 0.4) is 0 Å². The smallest absolute Gasteiger partial charge is 0.140 e. The Morgan fingerprint density at radius 1 is 1.56 bits per heavy atom. The molecule has 2 heterocycles. The second-order valence-electron chi connectivity index (χ2n) is 3.32. The first-order valence-electron chi connectivity index (χ1n) is 4.68. The number of halogens is 2. The summed E-state index contributed by atoms with van der Waals surface area (Å²) in [5, 5.41) is 8.04. The minimum Gasteiger partial charge on any atom is -0.363 e. The molecular formula is C10H10BrClN4. The van der Waals surface area contributed by atoms with Crippen LogP contribution < -0.4 is 5.32 Å². The lowest BCUT2D eigenvalue weighted by Gasteiger charge is -2.05. The average Bonchev–Trinajstić information content (AvgIpc) is 2.63. The Kier molecular flexibility index (Phi) is 3.46. The number of nitrogens with zero attached hydrogens (tertiary/aromatic N) is 3. The maximum Gasteiger partial charge on any atom is 0.140 e. The molecule has 0 bridgehead atoms. The van der Waals surface area contributed by atoms with E-state index in [0.29, 0.717) is 11.6 Å². The Balaban J connectivity index is 2.04. The van der Waals surface area contributed by atoms with Gasteiger partial charge in [-0.25, -0.2) is 4.98 Å². The topological polar surface area (TPSA) is 42.7 Å². The maximum atomic E-state index is 5.80. The zero-order valence-electron chi connectivity index (χ0n) is 8.61. The van der Waals surface area contributed by atoms with Gasteiger partial charge in [-0.1, -0.05) is 11.6 Å². The van der Waals surface area contributed by atoms with Gasteiger partial charge in [0, 0.05) is 19.4 Å². The molecule has 2 rings (SSSR count). The molecule has 84 valence electrons. The van der Waals surface area contributed by atoms with Gasteiger partial charge in [0.2, 0.25) is 0 Å². The molecule has 0 aromatic carbocycles. The van der Waals surface area contributed by atoms with E-state index in [9.17, 15) is 0 Å². The van der Waals surface area contributed by atoms with Crippen molar-refractivity contribution in [1.82, 2.24) is 14.8 Å². The molecule has 4 nitrogen and oxygen atoms in total. The van der Waals surface area contributed by atoms with E-state index in [0.717, 1.165) is 16.0 Å². The SMILES string of the molecule is Cn1ccc(CNc2ncc(Cl)cc2Br)n1. The molecule has 16 heavy (non-hydrogen) atoms. The molecule has 2 aromatic heterocycles. The molecule has 0 aliphatic heterocycles. The van der Waals surface area contributed by atoms with Crippen molar-refractivity contribution >= 4 is 33.3 Å². The summed E-state index contributed by atoms with van der Waals surface area (Å²) < 4.78 is 2.61. The molecule has 0 radical (unpaired) electrons. The molecule has 0 atom stereocenters. The van der Waals surface area contributed by atoms with Crippen molar-refractivity contribution < 1.29 is 0 Å². The van der Waals surface area contributed by atoms with Crippen molar-refractivity contribution in [3.63, 3.8) is 0 Å². The molecule has 0 saturated heterocycles. The third-order valence-corrected chi connectivity index (χ3v) is 2.82. The van der Waals surface area contributed by atoms with Crippen LogP contribution in [0.25, 0.3) is 0 Å². The number of hydrogen-bond acceptors (Lipinski definition) is 3. The molecule has 6 heteroatoms. The fraction of sp³-hybridized carbons (Fsp3) is 0.200. The maximum absolute atomic E-state index is 5.80. The first-order valence-corrected chi connectivity index (χ1v) is 5.85. The summed E-state index contributed by atoms with van der Waals surface area (Å²) in [5.74, 6) is 0.759. The van der Waals surface area contributed by atoms with Gasteiger partial charge in [0.1, 0.15) is 5.82 Å². The summed E-state index contributed by atoms with van der Waals surface area (Å²) in [6.07, 6.45) is 3.51. The minimum atomic E-state index is 0.607. The summed E-state index contributed by atoms with van der Waals surface area (Å²) in [5.41, 5.74) is 0.964. The Hall–Kier alpha value is -1.07. The fourth-order valence-electron chi connectivity index (χ4n) is 1.28. The Bertz CT molecular complexity index is 497. The van der Waals surface area contributed by atoms with Crippen molar-refractivity contribution in [3.8, 4) is 0 Å². The summed E-state index contributed by atoms with van der Waals surface area (Å²) in [6, 6.07) is 3.76. The van der Waals surface area contributed by atoms with E-state index in [4.69, 9.17) is 11.6 Å². The number of hydrogen-bond donors (Lipinski definition) is 1. The zero-order chi connectivity index (χ0) is 11.5. The molecule has 2 aromatic rings. The normalized spacial score (nSPS) is 10.4. The van der Waals surface area contributed by atoms with Crippen molar-refractivity contribution in [2.45, 2.75) is 6.54 Å². The van der Waals surface area contributed by atoms with Gasteiger partial charge in [-0.15, -0.1) is 0 Å². The zero-order valence-corrected chi connectivity index (χ0v) is 11.0. The third kappa shape index (κ3) is 2.74. The van der Waals surface area contributed by atoms with Crippen LogP contribution in [0.4, 0.5) is 5.82 Å². The summed E-state index contributed by atoms with van der Waals surface area (Å²) in [7, 11) is 1.89. The molecule has 1 N–H and O–H groups in total. The van der Waals surface area contributed by atoms with Gasteiger partial charge in [-0.05, 0) is 28.1 Å². The standard InChI is InChI=1S/C10H10BrClN4/c1-16-3-2-8(15-16)6-14-10-9(11)4-7(12)5-13-10/h2-5H,6H2,1H3,(H,13,14). The summed E-state index contributed by atoms with van der Waals surface area (Å²) in [6.45, 7) is 0.633. The van der Waals surface area contributed by atoms with Gasteiger partial charge >= 0.3 is 0 Å². The van der Waals surface area contributed by atoms with E-state index < -0.39 is 0 Å². The highest BCUT2D eigenvalue weighted by molar-refractivity contribution is 9.10. The van der Waals surface area contributed by atoms with E-state index in [1.54, 1.807) is 16.9 Å². The second kappa shape index (κ2) is 4.84. The molecular weight excluding hydrogens is 291 g/mol. The largest absolute Gasteiger partial charge is 0.363 e. The molecule has 0 saturated carbocycles. The van der Waals surface area contributed by atoms with Gasteiger partial charge in [-0.3, -0.25) is 4.68 Å². The molecule has 0 amide bonds. The van der Waals surface area contributed by atoms with Crippen LogP contribution in [0.5, 0.6) is 0 Å². The van der Waals surface area contributed by atoms with E-state index in [2.05, 4.69) is 31.3 Å². The first-order chi connectivity index (χ1) is 7.65.